The van der Waals surface area contributed by atoms with Crippen molar-refractivity contribution in [3.63, 3.8) is 0 Å². The van der Waals surface area contributed by atoms with Crippen molar-refractivity contribution in [1.82, 2.24) is 4.90 Å². The van der Waals surface area contributed by atoms with E-state index in [0.29, 0.717) is 6.73 Å². The van der Waals surface area contributed by atoms with Gasteiger partial charge in [-0.1, -0.05) is 18.2 Å². The highest BCUT2D eigenvalue weighted by Gasteiger charge is 2.14. The topological polar surface area (TPSA) is 24.8 Å². The average Bonchev–Trinajstić information content (AvgIpc) is 2.48. The minimum Gasteiger partial charge on any atom is -0.470 e. The van der Waals surface area contributed by atoms with Crippen molar-refractivity contribution in [3.05, 3.63) is 48.7 Å². The summed E-state index contributed by atoms with van der Waals surface area (Å²) in [6.07, 6.45) is 7.89. The van der Waals surface area contributed by atoms with Gasteiger partial charge in [0.1, 0.15) is 17.3 Å². The van der Waals surface area contributed by atoms with Crippen LogP contribution >= 0.6 is 0 Å². The van der Waals surface area contributed by atoms with Gasteiger partial charge in [0.2, 0.25) is 0 Å². The summed E-state index contributed by atoms with van der Waals surface area (Å²) in [6.45, 7) is 0.511. The van der Waals surface area contributed by atoms with Crippen LogP contribution in [0.1, 0.15) is 0 Å². The highest BCUT2D eigenvalue weighted by molar-refractivity contribution is 5.97. The quantitative estimate of drug-likeness (QED) is 0.639. The molecule has 15 heavy (non-hydrogen) atoms. The molecule has 0 saturated heterocycles. The lowest BCUT2D eigenvalue weighted by molar-refractivity contribution is 0.234. The third-order valence-electron chi connectivity index (χ3n) is 2.38. The first-order valence-electron chi connectivity index (χ1n) is 4.85. The maximum Gasteiger partial charge on any atom is 0.166 e. The number of amidine groups is 1. The Morgan fingerprint density at radius 3 is 3.13 bits per heavy atom. The Morgan fingerprint density at radius 2 is 2.13 bits per heavy atom. The van der Waals surface area contributed by atoms with E-state index >= 15 is 0 Å². The van der Waals surface area contributed by atoms with Crippen LogP contribution in [0.3, 0.4) is 0 Å². The van der Waals surface area contributed by atoms with Gasteiger partial charge < -0.3 is 4.74 Å². The van der Waals surface area contributed by atoms with Gasteiger partial charge in [-0.05, 0) is 24.3 Å². The Labute approximate surface area is 88.0 Å². The van der Waals surface area contributed by atoms with Crippen LogP contribution in [-0.2, 0) is 0 Å². The summed E-state index contributed by atoms with van der Waals surface area (Å²) >= 11 is 0. The first-order valence-corrected chi connectivity index (χ1v) is 4.85. The minimum absolute atomic E-state index is 0.511. The van der Waals surface area contributed by atoms with Crippen molar-refractivity contribution in [2.75, 3.05) is 6.73 Å². The van der Waals surface area contributed by atoms with Gasteiger partial charge in [0, 0.05) is 6.20 Å². The number of rotatable bonds is 0. The molecule has 0 spiro atoms. The molecule has 1 aromatic carbocycles. The fourth-order valence-corrected chi connectivity index (χ4v) is 1.61. The number of nitrogens with zero attached hydrogens (tertiary/aromatic N) is 2. The molecule has 0 amide bonds. The number of benzene rings is 1. The maximum absolute atomic E-state index is 5.64. The molecule has 0 saturated carbocycles. The number of para-hydroxylation sites is 2. The molecule has 0 unspecified atom stereocenters. The lowest BCUT2D eigenvalue weighted by Gasteiger charge is -2.19. The van der Waals surface area contributed by atoms with Crippen molar-refractivity contribution < 1.29 is 4.74 Å². The highest BCUT2D eigenvalue weighted by atomic mass is 16.5. The van der Waals surface area contributed by atoms with Crippen LogP contribution in [0.25, 0.3) is 0 Å². The van der Waals surface area contributed by atoms with Crippen molar-refractivity contribution in [2.24, 2.45) is 4.99 Å². The van der Waals surface area contributed by atoms with Gasteiger partial charge in [-0.3, -0.25) is 4.90 Å². The van der Waals surface area contributed by atoms with Crippen LogP contribution < -0.4 is 4.74 Å². The molecule has 0 N–H and O–H groups in total. The maximum atomic E-state index is 5.64. The molecule has 74 valence electrons. The first-order chi connectivity index (χ1) is 7.43. The Kier molecular flexibility index (Phi) is 1.81. The molecule has 3 heteroatoms. The molecular weight excluding hydrogens is 188 g/mol. The Balaban J connectivity index is 2.09. The second-order valence-electron chi connectivity index (χ2n) is 3.38. The Hall–Kier alpha value is -2.03. The van der Waals surface area contributed by atoms with Crippen LogP contribution in [0.4, 0.5) is 5.69 Å². The van der Waals surface area contributed by atoms with E-state index in [1.54, 1.807) is 0 Å². The number of allylic oxidation sites excluding steroid dienone is 2. The van der Waals surface area contributed by atoms with Crippen molar-refractivity contribution >= 4 is 11.5 Å². The molecule has 0 radical (unpaired) electrons. The van der Waals surface area contributed by atoms with Crippen LogP contribution in [0.2, 0.25) is 0 Å². The third kappa shape index (κ3) is 1.42. The van der Waals surface area contributed by atoms with Gasteiger partial charge in [0.15, 0.2) is 6.73 Å². The SMILES string of the molecule is C1=CC2=Nc3ccccc3OCN2C=C1. The molecule has 3 nitrogen and oxygen atoms in total. The largest absolute Gasteiger partial charge is 0.470 e. The van der Waals surface area contributed by atoms with Crippen LogP contribution in [0.5, 0.6) is 5.75 Å². The van der Waals surface area contributed by atoms with Crippen molar-refractivity contribution in [3.8, 4) is 5.75 Å². The standard InChI is InChI=1S/C12H10N2O/c1-2-6-11-10(5-1)13-12-7-3-4-8-14(12)9-15-11/h1-8H,9H2. The Bertz CT molecular complexity index is 474. The molecule has 1 aromatic rings. The average molecular weight is 198 g/mol. The lowest BCUT2D eigenvalue weighted by atomic mass is 10.3. The molecule has 0 fully saturated rings. The summed E-state index contributed by atoms with van der Waals surface area (Å²) in [6, 6.07) is 7.81. The summed E-state index contributed by atoms with van der Waals surface area (Å²) in [5.41, 5.74) is 0.884. The molecule has 0 atom stereocenters. The minimum atomic E-state index is 0.511. The van der Waals surface area contributed by atoms with Crippen molar-refractivity contribution in [1.29, 1.82) is 0 Å². The van der Waals surface area contributed by atoms with Gasteiger partial charge in [-0.25, -0.2) is 4.99 Å². The van der Waals surface area contributed by atoms with Crippen LogP contribution in [0, 0.1) is 0 Å². The predicted molar refractivity (Wildman–Crippen MR) is 59.2 cm³/mol. The first kappa shape index (κ1) is 8.29. The Morgan fingerprint density at radius 1 is 1.20 bits per heavy atom. The summed E-state index contributed by atoms with van der Waals surface area (Å²) in [7, 11) is 0. The lowest BCUT2D eigenvalue weighted by Crippen LogP contribution is -2.28. The summed E-state index contributed by atoms with van der Waals surface area (Å²) in [5, 5.41) is 0. The molecule has 0 aliphatic carbocycles. The van der Waals surface area contributed by atoms with Gasteiger partial charge in [-0.15, -0.1) is 0 Å². The molecule has 0 aromatic heterocycles. The van der Waals surface area contributed by atoms with E-state index in [1.165, 1.54) is 0 Å². The van der Waals surface area contributed by atoms with E-state index < -0.39 is 0 Å². The molecule has 0 bridgehead atoms. The van der Waals surface area contributed by atoms with E-state index in [9.17, 15) is 0 Å². The van der Waals surface area contributed by atoms with E-state index in [1.807, 2.05) is 53.6 Å². The van der Waals surface area contributed by atoms with Crippen LogP contribution in [0.15, 0.2) is 53.7 Å². The van der Waals surface area contributed by atoms with E-state index in [2.05, 4.69) is 4.99 Å². The van der Waals surface area contributed by atoms with Gasteiger partial charge in [0.05, 0.1) is 0 Å². The zero-order valence-electron chi connectivity index (χ0n) is 8.13. The fraction of sp³-hybridized carbons (Fsp3) is 0.0833. The highest BCUT2D eigenvalue weighted by Crippen LogP contribution is 2.30. The number of aliphatic imine (C=N–C) groups is 1. The fourth-order valence-electron chi connectivity index (χ4n) is 1.61. The molecule has 2 aliphatic rings. The summed E-state index contributed by atoms with van der Waals surface area (Å²) < 4.78 is 5.64. The van der Waals surface area contributed by atoms with Crippen molar-refractivity contribution in [2.45, 2.75) is 0 Å². The molecule has 2 heterocycles. The number of hydrogen-bond donors (Lipinski definition) is 0. The summed E-state index contributed by atoms with van der Waals surface area (Å²) in [5.74, 6) is 1.75. The molecule has 2 aliphatic heterocycles. The second kappa shape index (κ2) is 3.28. The third-order valence-corrected chi connectivity index (χ3v) is 2.38. The van der Waals surface area contributed by atoms with Gasteiger partial charge in [-0.2, -0.15) is 0 Å². The van der Waals surface area contributed by atoms with Crippen LogP contribution in [-0.4, -0.2) is 17.5 Å². The number of ether oxygens (including phenoxy) is 1. The second-order valence-corrected chi connectivity index (χ2v) is 3.38. The zero-order valence-corrected chi connectivity index (χ0v) is 8.13. The van der Waals surface area contributed by atoms with Gasteiger partial charge >= 0.3 is 0 Å². The van der Waals surface area contributed by atoms with E-state index in [4.69, 9.17) is 4.74 Å². The van der Waals surface area contributed by atoms with Gasteiger partial charge in [0.25, 0.3) is 0 Å². The predicted octanol–water partition coefficient (Wildman–Crippen LogP) is 2.45. The molecule has 3 rings (SSSR count). The number of hydrogen-bond acceptors (Lipinski definition) is 3. The monoisotopic (exact) mass is 198 g/mol. The number of fused-ring (bicyclic) bond motifs is 2. The van der Waals surface area contributed by atoms with E-state index in [-0.39, 0.29) is 0 Å². The smallest absolute Gasteiger partial charge is 0.166 e. The molecular formula is C12H10N2O. The zero-order chi connectivity index (χ0) is 10.1. The normalized spacial score (nSPS) is 17.3. The summed E-state index contributed by atoms with van der Waals surface area (Å²) in [4.78, 5) is 6.51. The van der Waals surface area contributed by atoms with E-state index in [0.717, 1.165) is 17.3 Å².